The standard InChI is InChI=1S/C14H11NO2S/c1-15-12-8-4-2-6-10(12)14(16)11-7-3-5-9-13(11)18(15)17/h2-9H,1H3. The summed E-state index contributed by atoms with van der Waals surface area (Å²) >= 11 is 0. The van der Waals surface area contributed by atoms with E-state index in [4.69, 9.17) is 0 Å². The highest BCUT2D eigenvalue weighted by Gasteiger charge is 2.27. The van der Waals surface area contributed by atoms with E-state index in [2.05, 4.69) is 0 Å². The largest absolute Gasteiger partial charge is 0.290 e. The number of para-hydroxylation sites is 1. The Kier molecular flexibility index (Phi) is 2.52. The predicted molar refractivity (Wildman–Crippen MR) is 71.1 cm³/mol. The van der Waals surface area contributed by atoms with Crippen molar-refractivity contribution < 1.29 is 9.00 Å². The van der Waals surface area contributed by atoms with E-state index in [1.54, 1.807) is 41.7 Å². The van der Waals surface area contributed by atoms with Crippen molar-refractivity contribution in [2.75, 3.05) is 11.4 Å². The van der Waals surface area contributed by atoms with Crippen molar-refractivity contribution in [3.05, 3.63) is 59.7 Å². The minimum Gasteiger partial charge on any atom is -0.290 e. The topological polar surface area (TPSA) is 37.4 Å². The quantitative estimate of drug-likeness (QED) is 0.726. The number of hydrogen-bond acceptors (Lipinski definition) is 2. The molecule has 1 aliphatic heterocycles. The lowest BCUT2D eigenvalue weighted by Crippen LogP contribution is -2.20. The van der Waals surface area contributed by atoms with Gasteiger partial charge in [0, 0.05) is 18.2 Å². The normalized spacial score (nSPS) is 17.9. The molecule has 0 N–H and O–H groups in total. The molecule has 1 unspecified atom stereocenters. The van der Waals surface area contributed by atoms with Crippen LogP contribution in [-0.2, 0) is 11.0 Å². The molecule has 1 heterocycles. The highest BCUT2D eigenvalue weighted by molar-refractivity contribution is 7.86. The van der Waals surface area contributed by atoms with E-state index < -0.39 is 11.0 Å². The molecule has 2 aromatic carbocycles. The maximum absolute atomic E-state index is 12.5. The molecule has 0 radical (unpaired) electrons. The second-order valence-corrected chi connectivity index (χ2v) is 5.57. The summed E-state index contributed by atoms with van der Waals surface area (Å²) in [4.78, 5) is 13.0. The van der Waals surface area contributed by atoms with Gasteiger partial charge in [0.2, 0.25) is 0 Å². The molecular formula is C14H11NO2S. The molecule has 90 valence electrons. The number of rotatable bonds is 0. The third kappa shape index (κ3) is 1.49. The van der Waals surface area contributed by atoms with Gasteiger partial charge in [0.05, 0.1) is 10.6 Å². The molecule has 3 rings (SSSR count). The van der Waals surface area contributed by atoms with Crippen molar-refractivity contribution in [1.82, 2.24) is 0 Å². The fourth-order valence-electron chi connectivity index (χ4n) is 2.13. The number of anilines is 1. The minimum absolute atomic E-state index is 0.0705. The van der Waals surface area contributed by atoms with Gasteiger partial charge in [0.25, 0.3) is 0 Å². The molecule has 4 heteroatoms. The third-order valence-corrected chi connectivity index (χ3v) is 4.48. The van der Waals surface area contributed by atoms with Crippen molar-refractivity contribution in [3.63, 3.8) is 0 Å². The molecule has 2 aromatic rings. The van der Waals surface area contributed by atoms with Crippen LogP contribution in [0.25, 0.3) is 0 Å². The fraction of sp³-hybridized carbons (Fsp3) is 0.0714. The number of fused-ring (bicyclic) bond motifs is 2. The molecule has 18 heavy (non-hydrogen) atoms. The first-order valence-corrected chi connectivity index (χ1v) is 6.69. The van der Waals surface area contributed by atoms with Crippen molar-refractivity contribution in [3.8, 4) is 0 Å². The first-order chi connectivity index (χ1) is 8.70. The van der Waals surface area contributed by atoms with Gasteiger partial charge in [-0.2, -0.15) is 0 Å². The summed E-state index contributed by atoms with van der Waals surface area (Å²) in [5, 5.41) is 0. The molecule has 0 bridgehead atoms. The lowest BCUT2D eigenvalue weighted by atomic mass is 10.0. The van der Waals surface area contributed by atoms with Gasteiger partial charge < -0.3 is 0 Å². The van der Waals surface area contributed by atoms with Crippen LogP contribution in [0, 0.1) is 0 Å². The summed E-state index contributed by atoms with van der Waals surface area (Å²) < 4.78 is 14.1. The summed E-state index contributed by atoms with van der Waals surface area (Å²) in [6.07, 6.45) is 0. The summed E-state index contributed by atoms with van der Waals surface area (Å²) in [5.74, 6) is -0.0705. The van der Waals surface area contributed by atoms with Gasteiger partial charge in [-0.25, -0.2) is 4.21 Å². The van der Waals surface area contributed by atoms with E-state index in [0.717, 1.165) is 0 Å². The molecule has 0 saturated heterocycles. The first kappa shape index (κ1) is 11.2. The molecule has 1 atom stereocenters. The summed E-state index contributed by atoms with van der Waals surface area (Å²) in [7, 11) is 0.394. The molecule has 0 aromatic heterocycles. The molecule has 0 fully saturated rings. The monoisotopic (exact) mass is 257 g/mol. The fourth-order valence-corrected chi connectivity index (χ4v) is 3.31. The molecular weight excluding hydrogens is 246 g/mol. The smallest absolute Gasteiger partial charge is 0.196 e. The van der Waals surface area contributed by atoms with Crippen molar-refractivity contribution >= 4 is 22.5 Å². The van der Waals surface area contributed by atoms with Gasteiger partial charge in [-0.15, -0.1) is 0 Å². The Morgan fingerprint density at radius 3 is 2.33 bits per heavy atom. The maximum atomic E-state index is 12.5. The van der Waals surface area contributed by atoms with E-state index in [-0.39, 0.29) is 5.78 Å². The number of nitrogens with zero attached hydrogens (tertiary/aromatic N) is 1. The van der Waals surface area contributed by atoms with Gasteiger partial charge >= 0.3 is 0 Å². The Bertz CT molecular complexity index is 666. The van der Waals surface area contributed by atoms with Crippen molar-refractivity contribution in [1.29, 1.82) is 0 Å². The predicted octanol–water partition coefficient (Wildman–Crippen LogP) is 2.39. The summed E-state index contributed by atoms with van der Waals surface area (Å²) in [6, 6.07) is 14.3. The number of hydrogen-bond donors (Lipinski definition) is 0. The van der Waals surface area contributed by atoms with E-state index in [1.165, 1.54) is 0 Å². The molecule has 0 aliphatic carbocycles. The number of ketones is 1. The van der Waals surface area contributed by atoms with Crippen LogP contribution >= 0.6 is 0 Å². The zero-order valence-corrected chi connectivity index (χ0v) is 10.6. The number of benzene rings is 2. The third-order valence-electron chi connectivity index (χ3n) is 3.06. The second kappa shape index (κ2) is 4.07. The van der Waals surface area contributed by atoms with Crippen LogP contribution in [0.5, 0.6) is 0 Å². The zero-order chi connectivity index (χ0) is 12.7. The van der Waals surface area contributed by atoms with Crippen LogP contribution in [-0.4, -0.2) is 17.0 Å². The Labute approximate surface area is 108 Å². The van der Waals surface area contributed by atoms with E-state index in [9.17, 15) is 9.00 Å². The van der Waals surface area contributed by atoms with Crippen LogP contribution in [0.3, 0.4) is 0 Å². The van der Waals surface area contributed by atoms with Crippen LogP contribution in [0.4, 0.5) is 5.69 Å². The first-order valence-electron chi connectivity index (χ1n) is 5.58. The van der Waals surface area contributed by atoms with Gasteiger partial charge in [-0.05, 0) is 24.3 Å². The number of carbonyl (C=O) groups excluding carboxylic acids is 1. The van der Waals surface area contributed by atoms with Crippen LogP contribution < -0.4 is 4.31 Å². The van der Waals surface area contributed by atoms with Crippen molar-refractivity contribution in [2.24, 2.45) is 0 Å². The average molecular weight is 257 g/mol. The van der Waals surface area contributed by atoms with Gasteiger partial charge in [0.1, 0.15) is 0 Å². The molecule has 0 amide bonds. The van der Waals surface area contributed by atoms with Gasteiger partial charge in [0.15, 0.2) is 16.8 Å². The average Bonchev–Trinajstić information content (AvgIpc) is 2.51. The number of carbonyl (C=O) groups is 1. The van der Waals surface area contributed by atoms with Gasteiger partial charge in [-0.3, -0.25) is 9.10 Å². The SMILES string of the molecule is CN1c2ccccc2C(=O)c2ccccc2S1=O. The Balaban J connectivity index is 2.35. The lowest BCUT2D eigenvalue weighted by molar-refractivity contribution is 0.103. The Morgan fingerprint density at radius 2 is 1.56 bits per heavy atom. The molecule has 1 aliphatic rings. The van der Waals surface area contributed by atoms with E-state index in [1.807, 2.05) is 18.2 Å². The highest BCUT2D eigenvalue weighted by atomic mass is 32.2. The Hall–Kier alpha value is -1.94. The molecule has 0 spiro atoms. The van der Waals surface area contributed by atoms with Gasteiger partial charge in [-0.1, -0.05) is 24.3 Å². The lowest BCUT2D eigenvalue weighted by Gasteiger charge is -2.17. The van der Waals surface area contributed by atoms with Crippen LogP contribution in [0.2, 0.25) is 0 Å². The van der Waals surface area contributed by atoms with E-state index in [0.29, 0.717) is 21.7 Å². The van der Waals surface area contributed by atoms with E-state index >= 15 is 0 Å². The molecule has 0 saturated carbocycles. The van der Waals surface area contributed by atoms with Crippen LogP contribution in [0.1, 0.15) is 15.9 Å². The zero-order valence-electron chi connectivity index (χ0n) is 9.79. The Morgan fingerprint density at radius 1 is 0.944 bits per heavy atom. The second-order valence-electron chi connectivity index (χ2n) is 4.09. The molecule has 3 nitrogen and oxygen atoms in total. The minimum atomic E-state index is -1.35. The summed E-state index contributed by atoms with van der Waals surface area (Å²) in [6.45, 7) is 0. The summed E-state index contributed by atoms with van der Waals surface area (Å²) in [5.41, 5.74) is 1.82. The van der Waals surface area contributed by atoms with Crippen LogP contribution in [0.15, 0.2) is 53.4 Å². The highest BCUT2D eigenvalue weighted by Crippen LogP contribution is 2.31. The maximum Gasteiger partial charge on any atom is 0.196 e. The van der Waals surface area contributed by atoms with Crippen molar-refractivity contribution in [2.45, 2.75) is 4.90 Å².